The van der Waals surface area contributed by atoms with Crippen LogP contribution in [0.25, 0.3) is 5.70 Å². The number of benzene rings is 5. The zero-order chi connectivity index (χ0) is 32.7. The molecular formula is C44H38N4. The van der Waals surface area contributed by atoms with Crippen molar-refractivity contribution in [1.82, 2.24) is 0 Å². The minimum atomic E-state index is -0.327. The van der Waals surface area contributed by atoms with E-state index < -0.39 is 0 Å². The van der Waals surface area contributed by atoms with Gasteiger partial charge in [-0.25, -0.2) is 9.98 Å². The average molecular weight is 623 g/mol. The molecule has 0 spiro atoms. The molecule has 0 radical (unpaired) electrons. The fourth-order valence-electron chi connectivity index (χ4n) is 7.63. The largest absolute Gasteiger partial charge is 0.377 e. The summed E-state index contributed by atoms with van der Waals surface area (Å²) in [5, 5.41) is 3.98. The van der Waals surface area contributed by atoms with Gasteiger partial charge >= 0.3 is 0 Å². The van der Waals surface area contributed by atoms with Gasteiger partial charge in [0.1, 0.15) is 0 Å². The van der Waals surface area contributed by atoms with Gasteiger partial charge in [-0.15, -0.1) is 0 Å². The second-order valence-electron chi connectivity index (χ2n) is 13.0. The van der Waals surface area contributed by atoms with Crippen molar-refractivity contribution >= 4 is 28.7 Å². The van der Waals surface area contributed by atoms with Crippen molar-refractivity contribution in [1.29, 1.82) is 0 Å². The van der Waals surface area contributed by atoms with Gasteiger partial charge in [0.15, 0.2) is 0 Å². The quantitative estimate of drug-likeness (QED) is 0.157. The van der Waals surface area contributed by atoms with Crippen LogP contribution in [-0.4, -0.2) is 17.7 Å². The number of nitrogens with one attached hydrogen (secondary N) is 1. The lowest BCUT2D eigenvalue weighted by Crippen LogP contribution is -2.38. The summed E-state index contributed by atoms with van der Waals surface area (Å²) >= 11 is 0. The van der Waals surface area contributed by atoms with Gasteiger partial charge in [-0.05, 0) is 59.4 Å². The molecule has 4 atom stereocenters. The SMILES string of the molecule is C=C(N=C(N=C(C)c1ccccc1)N1c2cc3c(cc2C2C=CC=CC21)NC(c1ccccc1)C3(C)c1ccccc1)c1ccccc1. The third kappa shape index (κ3) is 5.01. The molecule has 4 nitrogen and oxygen atoms in total. The zero-order valence-corrected chi connectivity index (χ0v) is 27.3. The Balaban J connectivity index is 1.33. The van der Waals surface area contributed by atoms with Crippen LogP contribution < -0.4 is 10.2 Å². The summed E-state index contributed by atoms with van der Waals surface area (Å²) in [5.74, 6) is 0.782. The molecule has 234 valence electrons. The molecule has 1 N–H and O–H groups in total. The second kappa shape index (κ2) is 12.1. The fourth-order valence-corrected chi connectivity index (χ4v) is 7.63. The monoisotopic (exact) mass is 622 g/mol. The average Bonchev–Trinajstić information content (AvgIpc) is 3.63. The topological polar surface area (TPSA) is 40.0 Å². The summed E-state index contributed by atoms with van der Waals surface area (Å²) < 4.78 is 0. The van der Waals surface area contributed by atoms with E-state index in [2.05, 4.69) is 152 Å². The van der Waals surface area contributed by atoms with E-state index >= 15 is 0 Å². The molecule has 2 heterocycles. The van der Waals surface area contributed by atoms with Gasteiger partial charge in [-0.2, -0.15) is 0 Å². The zero-order valence-electron chi connectivity index (χ0n) is 27.3. The van der Waals surface area contributed by atoms with E-state index in [9.17, 15) is 0 Å². The van der Waals surface area contributed by atoms with E-state index in [0.717, 1.165) is 22.5 Å². The molecule has 5 aromatic rings. The van der Waals surface area contributed by atoms with Gasteiger partial charge < -0.3 is 10.2 Å². The van der Waals surface area contributed by atoms with Crippen molar-refractivity contribution < 1.29 is 0 Å². The molecule has 0 saturated heterocycles. The molecule has 48 heavy (non-hydrogen) atoms. The predicted octanol–water partition coefficient (Wildman–Crippen LogP) is 10.1. The lowest BCUT2D eigenvalue weighted by molar-refractivity contribution is 0.514. The maximum Gasteiger partial charge on any atom is 0.231 e. The molecule has 0 fully saturated rings. The smallest absolute Gasteiger partial charge is 0.231 e. The van der Waals surface area contributed by atoms with Crippen LogP contribution in [0.15, 0.2) is 174 Å². The predicted molar refractivity (Wildman–Crippen MR) is 201 cm³/mol. The minimum absolute atomic E-state index is 0.0232. The summed E-state index contributed by atoms with van der Waals surface area (Å²) in [7, 11) is 0. The number of hydrogen-bond acceptors (Lipinski definition) is 2. The third-order valence-electron chi connectivity index (χ3n) is 10.1. The first-order valence-electron chi connectivity index (χ1n) is 16.7. The maximum absolute atomic E-state index is 5.29. The number of allylic oxidation sites excluding steroid dienone is 2. The lowest BCUT2D eigenvalue weighted by atomic mass is 9.70. The summed E-state index contributed by atoms with van der Waals surface area (Å²) in [5.41, 5.74) is 10.7. The van der Waals surface area contributed by atoms with Crippen LogP contribution in [-0.2, 0) is 5.41 Å². The molecule has 4 unspecified atom stereocenters. The van der Waals surface area contributed by atoms with Crippen LogP contribution >= 0.6 is 0 Å². The highest BCUT2D eigenvalue weighted by atomic mass is 15.3. The normalized spacial score (nSPS) is 22.5. The Hall–Kier alpha value is -5.74. The number of anilines is 2. The first-order chi connectivity index (χ1) is 23.5. The van der Waals surface area contributed by atoms with E-state index in [1.54, 1.807) is 0 Å². The van der Waals surface area contributed by atoms with Gasteiger partial charge in [0, 0.05) is 28.4 Å². The van der Waals surface area contributed by atoms with Gasteiger partial charge in [0.05, 0.1) is 17.8 Å². The van der Waals surface area contributed by atoms with Gasteiger partial charge in [0.2, 0.25) is 5.96 Å². The number of aliphatic imine (C=N–C) groups is 2. The molecule has 0 amide bonds. The highest BCUT2D eigenvalue weighted by molar-refractivity contribution is 6.12. The molecule has 0 saturated carbocycles. The molecule has 3 aliphatic rings. The highest BCUT2D eigenvalue weighted by Crippen LogP contribution is 2.56. The molecular weight excluding hydrogens is 585 g/mol. The second-order valence-corrected chi connectivity index (χ2v) is 13.0. The van der Waals surface area contributed by atoms with Crippen LogP contribution in [0.5, 0.6) is 0 Å². The molecule has 1 aliphatic carbocycles. The first kappa shape index (κ1) is 29.6. The number of nitrogens with zero attached hydrogens (tertiary/aromatic N) is 3. The molecule has 0 bridgehead atoms. The first-order valence-corrected chi connectivity index (χ1v) is 16.7. The Morgan fingerprint density at radius 2 is 1.33 bits per heavy atom. The number of fused-ring (bicyclic) bond motifs is 4. The van der Waals surface area contributed by atoms with Crippen molar-refractivity contribution in [3.63, 3.8) is 0 Å². The van der Waals surface area contributed by atoms with Crippen molar-refractivity contribution in [3.05, 3.63) is 198 Å². The van der Waals surface area contributed by atoms with Crippen molar-refractivity contribution in [2.75, 3.05) is 10.2 Å². The summed E-state index contributed by atoms with van der Waals surface area (Å²) in [6.07, 6.45) is 8.89. The van der Waals surface area contributed by atoms with Crippen LogP contribution in [0.1, 0.15) is 59.2 Å². The molecule has 5 aromatic carbocycles. The Kier molecular flexibility index (Phi) is 7.49. The Labute approximate surface area is 283 Å². The van der Waals surface area contributed by atoms with Gasteiger partial charge in [0.25, 0.3) is 0 Å². The Morgan fingerprint density at radius 1 is 0.729 bits per heavy atom. The van der Waals surface area contributed by atoms with Crippen LogP contribution in [0.4, 0.5) is 11.4 Å². The van der Waals surface area contributed by atoms with E-state index in [1.807, 2.05) is 36.4 Å². The number of guanidine groups is 1. The Bertz CT molecular complexity index is 2100. The van der Waals surface area contributed by atoms with Gasteiger partial charge in [-0.1, -0.05) is 152 Å². The summed E-state index contributed by atoms with van der Waals surface area (Å²) in [4.78, 5) is 12.9. The highest BCUT2D eigenvalue weighted by Gasteiger charge is 2.48. The Morgan fingerprint density at radius 3 is 2.02 bits per heavy atom. The van der Waals surface area contributed by atoms with Gasteiger partial charge in [-0.3, -0.25) is 0 Å². The van der Waals surface area contributed by atoms with Crippen molar-refractivity contribution in [3.8, 4) is 0 Å². The minimum Gasteiger partial charge on any atom is -0.377 e. The van der Waals surface area contributed by atoms with E-state index in [4.69, 9.17) is 9.98 Å². The van der Waals surface area contributed by atoms with Crippen LogP contribution in [0.3, 0.4) is 0 Å². The number of rotatable bonds is 5. The fraction of sp³-hybridized carbons (Fsp3) is 0.136. The van der Waals surface area contributed by atoms with Crippen molar-refractivity contribution in [2.24, 2.45) is 9.98 Å². The summed E-state index contributed by atoms with van der Waals surface area (Å²) in [6, 6.07) is 47.1. The van der Waals surface area contributed by atoms with Crippen molar-refractivity contribution in [2.45, 2.75) is 37.3 Å². The molecule has 2 aliphatic heterocycles. The standard InChI is InChI=1S/C44H38N4/c1-30(32-18-8-4-9-19-32)45-43(46-31(2)33-20-10-5-11-21-33)48-40-27-17-16-26-36(40)37-28-39-38(29-41(37)48)44(3,35-24-14-7-15-25-35)42(47-39)34-22-12-6-13-23-34/h4-29,36,40,42,47H,1H2,2-3H3. The lowest BCUT2D eigenvalue weighted by Gasteiger charge is -2.34. The maximum atomic E-state index is 5.29. The molecule has 8 rings (SSSR count). The van der Waals surface area contributed by atoms with Crippen LogP contribution in [0, 0.1) is 0 Å². The number of hydrogen-bond donors (Lipinski definition) is 1. The summed E-state index contributed by atoms with van der Waals surface area (Å²) in [6.45, 7) is 8.85. The van der Waals surface area contributed by atoms with E-state index in [-0.39, 0.29) is 23.4 Å². The molecule has 4 heteroatoms. The third-order valence-corrected chi connectivity index (χ3v) is 10.1. The molecule has 0 aromatic heterocycles. The van der Waals surface area contributed by atoms with E-state index in [0.29, 0.717) is 11.7 Å². The van der Waals surface area contributed by atoms with E-state index in [1.165, 1.54) is 27.9 Å². The van der Waals surface area contributed by atoms with Crippen LogP contribution in [0.2, 0.25) is 0 Å².